The Bertz CT molecular complexity index is 621. The highest BCUT2D eigenvalue weighted by Gasteiger charge is 2.08. The van der Waals surface area contributed by atoms with Crippen LogP contribution in [-0.4, -0.2) is 7.11 Å². The number of hydrogen-bond acceptors (Lipinski definition) is 2. The molecule has 0 saturated heterocycles. The molecule has 0 aromatic heterocycles. The standard InChI is InChI=1S/C18H21BrO2/c1-12(2)14-6-5-13(3)18(10-14)21-11-15-9-16(19)7-8-17(15)20-4/h5-10,12H,11H2,1-4H3. The zero-order valence-electron chi connectivity index (χ0n) is 12.9. The van der Waals surface area contributed by atoms with Crippen molar-refractivity contribution in [3.05, 3.63) is 57.6 Å². The summed E-state index contributed by atoms with van der Waals surface area (Å²) in [7, 11) is 1.68. The molecule has 0 N–H and O–H groups in total. The van der Waals surface area contributed by atoms with Crippen molar-refractivity contribution in [3.8, 4) is 11.5 Å². The molecule has 0 amide bonds. The van der Waals surface area contributed by atoms with Crippen LogP contribution < -0.4 is 9.47 Å². The van der Waals surface area contributed by atoms with Crippen LogP contribution >= 0.6 is 15.9 Å². The largest absolute Gasteiger partial charge is 0.496 e. The predicted octanol–water partition coefficient (Wildman–Crippen LogP) is 5.47. The Kier molecular flexibility index (Phi) is 5.29. The first-order chi connectivity index (χ1) is 10.0. The van der Waals surface area contributed by atoms with Gasteiger partial charge in [-0.05, 0) is 48.2 Å². The average molecular weight is 349 g/mol. The van der Waals surface area contributed by atoms with Crippen LogP contribution in [0.5, 0.6) is 11.5 Å². The molecule has 2 nitrogen and oxygen atoms in total. The van der Waals surface area contributed by atoms with E-state index < -0.39 is 0 Å². The van der Waals surface area contributed by atoms with Crippen LogP contribution in [0, 0.1) is 6.92 Å². The van der Waals surface area contributed by atoms with Gasteiger partial charge in [-0.3, -0.25) is 0 Å². The smallest absolute Gasteiger partial charge is 0.125 e. The summed E-state index contributed by atoms with van der Waals surface area (Å²) in [5, 5.41) is 0. The highest BCUT2D eigenvalue weighted by atomic mass is 79.9. The molecule has 0 heterocycles. The summed E-state index contributed by atoms with van der Waals surface area (Å²) in [6.07, 6.45) is 0. The number of ether oxygens (including phenoxy) is 2. The van der Waals surface area contributed by atoms with Gasteiger partial charge in [0.15, 0.2) is 0 Å². The number of hydrogen-bond donors (Lipinski definition) is 0. The zero-order chi connectivity index (χ0) is 15.4. The van der Waals surface area contributed by atoms with E-state index in [2.05, 4.69) is 54.9 Å². The van der Waals surface area contributed by atoms with Gasteiger partial charge in [-0.15, -0.1) is 0 Å². The second-order valence-electron chi connectivity index (χ2n) is 5.42. The van der Waals surface area contributed by atoms with Gasteiger partial charge in [0.1, 0.15) is 18.1 Å². The number of rotatable bonds is 5. The van der Waals surface area contributed by atoms with Crippen LogP contribution in [0.1, 0.15) is 36.5 Å². The van der Waals surface area contributed by atoms with Crippen molar-refractivity contribution >= 4 is 15.9 Å². The zero-order valence-corrected chi connectivity index (χ0v) is 14.5. The fourth-order valence-electron chi connectivity index (χ4n) is 2.15. The molecule has 0 unspecified atom stereocenters. The molecule has 112 valence electrons. The van der Waals surface area contributed by atoms with Gasteiger partial charge in [-0.25, -0.2) is 0 Å². The molecular weight excluding hydrogens is 328 g/mol. The Labute approximate surface area is 135 Å². The van der Waals surface area contributed by atoms with Gasteiger partial charge in [0.2, 0.25) is 0 Å². The fourth-order valence-corrected chi connectivity index (χ4v) is 2.56. The third-order valence-corrected chi connectivity index (χ3v) is 4.00. The topological polar surface area (TPSA) is 18.5 Å². The van der Waals surface area contributed by atoms with Gasteiger partial charge < -0.3 is 9.47 Å². The van der Waals surface area contributed by atoms with E-state index in [1.807, 2.05) is 18.2 Å². The highest BCUT2D eigenvalue weighted by Crippen LogP contribution is 2.28. The summed E-state index contributed by atoms with van der Waals surface area (Å²) >= 11 is 3.49. The van der Waals surface area contributed by atoms with Crippen molar-refractivity contribution in [2.45, 2.75) is 33.3 Å². The van der Waals surface area contributed by atoms with E-state index in [-0.39, 0.29) is 0 Å². The van der Waals surface area contributed by atoms with E-state index >= 15 is 0 Å². The third-order valence-electron chi connectivity index (χ3n) is 3.50. The second-order valence-corrected chi connectivity index (χ2v) is 6.34. The number of aryl methyl sites for hydroxylation is 1. The maximum atomic E-state index is 6.01. The van der Waals surface area contributed by atoms with Crippen LogP contribution in [0.3, 0.4) is 0 Å². The molecule has 3 heteroatoms. The summed E-state index contributed by atoms with van der Waals surface area (Å²) in [6, 6.07) is 12.3. The maximum Gasteiger partial charge on any atom is 0.125 e. The lowest BCUT2D eigenvalue weighted by Gasteiger charge is -2.14. The first-order valence-corrected chi connectivity index (χ1v) is 7.86. The normalized spacial score (nSPS) is 10.8. The van der Waals surface area contributed by atoms with Gasteiger partial charge >= 0.3 is 0 Å². The van der Waals surface area contributed by atoms with Crippen LogP contribution in [0.4, 0.5) is 0 Å². The molecule has 2 aromatic rings. The molecule has 0 aliphatic heterocycles. The molecule has 2 aromatic carbocycles. The van der Waals surface area contributed by atoms with E-state index in [1.54, 1.807) is 7.11 Å². The number of benzene rings is 2. The van der Waals surface area contributed by atoms with Crippen molar-refractivity contribution in [1.29, 1.82) is 0 Å². The molecule has 2 rings (SSSR count). The highest BCUT2D eigenvalue weighted by molar-refractivity contribution is 9.10. The Morgan fingerprint density at radius 2 is 1.81 bits per heavy atom. The van der Waals surface area contributed by atoms with Gasteiger partial charge in [-0.1, -0.05) is 41.9 Å². The molecule has 0 aliphatic carbocycles. The van der Waals surface area contributed by atoms with Crippen LogP contribution in [0.2, 0.25) is 0 Å². The number of halogens is 1. The molecule has 0 fully saturated rings. The number of methoxy groups -OCH3 is 1. The van der Waals surface area contributed by atoms with E-state index in [0.717, 1.165) is 27.1 Å². The monoisotopic (exact) mass is 348 g/mol. The first-order valence-electron chi connectivity index (χ1n) is 7.07. The Morgan fingerprint density at radius 3 is 2.48 bits per heavy atom. The molecule has 21 heavy (non-hydrogen) atoms. The second kappa shape index (κ2) is 6.99. The molecular formula is C18H21BrO2. The Balaban J connectivity index is 2.20. The van der Waals surface area contributed by atoms with Crippen molar-refractivity contribution in [2.75, 3.05) is 7.11 Å². The van der Waals surface area contributed by atoms with Gasteiger partial charge in [0, 0.05) is 10.0 Å². The molecule has 0 saturated carbocycles. The SMILES string of the molecule is COc1ccc(Br)cc1COc1cc(C(C)C)ccc1C. The van der Waals surface area contributed by atoms with Crippen molar-refractivity contribution in [3.63, 3.8) is 0 Å². The molecule has 0 atom stereocenters. The van der Waals surface area contributed by atoms with Crippen LogP contribution in [0.15, 0.2) is 40.9 Å². The predicted molar refractivity (Wildman–Crippen MR) is 90.3 cm³/mol. The van der Waals surface area contributed by atoms with E-state index in [0.29, 0.717) is 12.5 Å². The molecule has 0 spiro atoms. The Morgan fingerprint density at radius 1 is 1.05 bits per heavy atom. The van der Waals surface area contributed by atoms with Crippen molar-refractivity contribution in [1.82, 2.24) is 0 Å². The summed E-state index contributed by atoms with van der Waals surface area (Å²) < 4.78 is 12.4. The minimum absolute atomic E-state index is 0.491. The van der Waals surface area contributed by atoms with Crippen molar-refractivity contribution < 1.29 is 9.47 Å². The summed E-state index contributed by atoms with van der Waals surface area (Å²) in [4.78, 5) is 0. The van der Waals surface area contributed by atoms with Crippen molar-refractivity contribution in [2.24, 2.45) is 0 Å². The fraction of sp³-hybridized carbons (Fsp3) is 0.333. The molecule has 0 bridgehead atoms. The van der Waals surface area contributed by atoms with Gasteiger partial charge in [-0.2, -0.15) is 0 Å². The average Bonchev–Trinajstić information content (AvgIpc) is 2.46. The quantitative estimate of drug-likeness (QED) is 0.713. The maximum absolute atomic E-state index is 6.01. The Hall–Kier alpha value is -1.48. The lowest BCUT2D eigenvalue weighted by atomic mass is 10.0. The lowest BCUT2D eigenvalue weighted by molar-refractivity contribution is 0.294. The van der Waals surface area contributed by atoms with Crippen LogP contribution in [-0.2, 0) is 6.61 Å². The molecule has 0 aliphatic rings. The first kappa shape index (κ1) is 15.9. The minimum atomic E-state index is 0.491. The van der Waals surface area contributed by atoms with E-state index in [1.165, 1.54) is 5.56 Å². The van der Waals surface area contributed by atoms with E-state index in [9.17, 15) is 0 Å². The van der Waals surface area contributed by atoms with Crippen LogP contribution in [0.25, 0.3) is 0 Å². The van der Waals surface area contributed by atoms with Gasteiger partial charge in [0.25, 0.3) is 0 Å². The van der Waals surface area contributed by atoms with E-state index in [4.69, 9.17) is 9.47 Å². The molecule has 0 radical (unpaired) electrons. The van der Waals surface area contributed by atoms with Gasteiger partial charge in [0.05, 0.1) is 7.11 Å². The third kappa shape index (κ3) is 4.01. The summed E-state index contributed by atoms with van der Waals surface area (Å²) in [5.74, 6) is 2.27. The lowest BCUT2D eigenvalue weighted by Crippen LogP contribution is -2.01. The minimum Gasteiger partial charge on any atom is -0.496 e. The summed E-state index contributed by atoms with van der Waals surface area (Å²) in [6.45, 7) is 6.93. The summed E-state index contributed by atoms with van der Waals surface area (Å²) in [5.41, 5.74) is 3.46.